The van der Waals surface area contributed by atoms with E-state index in [1.165, 1.54) is 34.9 Å². The third-order valence-corrected chi connectivity index (χ3v) is 9.66. The van der Waals surface area contributed by atoms with Gasteiger partial charge in [-0.25, -0.2) is 12.8 Å². The van der Waals surface area contributed by atoms with E-state index in [-0.39, 0.29) is 34.0 Å². The summed E-state index contributed by atoms with van der Waals surface area (Å²) in [5.74, 6) is -1.11. The predicted molar refractivity (Wildman–Crippen MR) is 154 cm³/mol. The van der Waals surface area contributed by atoms with Crippen molar-refractivity contribution in [1.29, 1.82) is 0 Å². The van der Waals surface area contributed by atoms with E-state index in [0.717, 1.165) is 0 Å². The summed E-state index contributed by atoms with van der Waals surface area (Å²) in [4.78, 5) is 26.4. The minimum absolute atomic E-state index is 0.0376. The number of aryl methyl sites for hydroxylation is 1. The van der Waals surface area contributed by atoms with Gasteiger partial charge in [-0.1, -0.05) is 26.0 Å². The van der Waals surface area contributed by atoms with Gasteiger partial charge in [0, 0.05) is 53.1 Å². The zero-order valence-corrected chi connectivity index (χ0v) is 24.7. The summed E-state index contributed by atoms with van der Waals surface area (Å²) < 4.78 is 55.4. The lowest BCUT2D eigenvalue weighted by Gasteiger charge is -2.29. The van der Waals surface area contributed by atoms with E-state index < -0.39 is 37.8 Å². The van der Waals surface area contributed by atoms with Crippen LogP contribution in [0.25, 0.3) is 11.1 Å². The fourth-order valence-electron chi connectivity index (χ4n) is 4.05. The number of hydrogen-bond donors (Lipinski definition) is 1. The van der Waals surface area contributed by atoms with Crippen molar-refractivity contribution in [2.45, 2.75) is 57.6 Å². The normalized spacial score (nSPS) is 13.7. The van der Waals surface area contributed by atoms with Crippen molar-refractivity contribution in [3.05, 3.63) is 93.2 Å². The SMILES string of the molecule is CC[C@H](N[S@@+]([O-])C(C)(C)C)c1cc(=O)n(C)cc1-c1cc(CS(=O)(=O)CC)ccc1C(=O)c1ccc(F)cc1. The summed E-state index contributed by atoms with van der Waals surface area (Å²) in [5, 5.41) is 0. The third kappa shape index (κ3) is 7.45. The van der Waals surface area contributed by atoms with E-state index >= 15 is 0 Å². The van der Waals surface area contributed by atoms with Gasteiger partial charge in [-0.05, 0) is 74.2 Å². The van der Waals surface area contributed by atoms with Crippen molar-refractivity contribution in [3.63, 3.8) is 0 Å². The molecule has 0 aliphatic heterocycles. The van der Waals surface area contributed by atoms with E-state index in [9.17, 15) is 27.0 Å². The number of pyridine rings is 1. The second-order valence-electron chi connectivity index (χ2n) is 10.4. The van der Waals surface area contributed by atoms with Crippen LogP contribution >= 0.6 is 0 Å². The van der Waals surface area contributed by atoms with Gasteiger partial charge in [0.05, 0.1) is 11.8 Å². The average Bonchev–Trinajstić information content (AvgIpc) is 2.87. The summed E-state index contributed by atoms with van der Waals surface area (Å²) in [6, 6.07) is 11.0. The lowest BCUT2D eigenvalue weighted by Crippen LogP contribution is -2.41. The summed E-state index contributed by atoms with van der Waals surface area (Å²) in [6.07, 6.45) is 2.10. The van der Waals surface area contributed by atoms with E-state index in [1.54, 1.807) is 38.4 Å². The molecule has 0 aliphatic rings. The van der Waals surface area contributed by atoms with E-state index in [0.29, 0.717) is 28.7 Å². The topological polar surface area (TPSA) is 108 Å². The number of nitrogens with zero attached hydrogens (tertiary/aromatic N) is 1. The number of ketones is 1. The number of sulfone groups is 1. The molecule has 0 saturated heterocycles. The summed E-state index contributed by atoms with van der Waals surface area (Å²) >= 11 is -1.45. The van der Waals surface area contributed by atoms with Gasteiger partial charge in [-0.3, -0.25) is 9.59 Å². The molecule has 0 bridgehead atoms. The van der Waals surface area contributed by atoms with E-state index in [1.807, 2.05) is 27.7 Å². The molecular weight excluding hydrogens is 539 g/mol. The molecule has 2 aromatic carbocycles. The lowest BCUT2D eigenvalue weighted by molar-refractivity contribution is 0.103. The Kier molecular flexibility index (Phi) is 9.59. The molecule has 1 N–H and O–H groups in total. The maximum atomic E-state index is 13.6. The highest BCUT2D eigenvalue weighted by molar-refractivity contribution is 7.91. The van der Waals surface area contributed by atoms with Gasteiger partial charge in [-0.15, -0.1) is 4.72 Å². The fraction of sp³-hybridized carbons (Fsp3) is 0.379. The Hall–Kier alpha value is -2.79. The molecule has 210 valence electrons. The number of aromatic nitrogens is 1. The zero-order chi connectivity index (χ0) is 29.1. The van der Waals surface area contributed by atoms with Crippen LogP contribution < -0.4 is 10.3 Å². The fourth-order valence-corrected chi connectivity index (χ4v) is 5.84. The smallest absolute Gasteiger partial charge is 0.250 e. The van der Waals surface area contributed by atoms with Gasteiger partial charge in [0.1, 0.15) is 10.6 Å². The molecule has 0 fully saturated rings. The molecular formula is C29H35FN2O5S2. The molecule has 0 spiro atoms. The van der Waals surface area contributed by atoms with Crippen molar-refractivity contribution in [1.82, 2.24) is 9.29 Å². The molecule has 10 heteroatoms. The van der Waals surface area contributed by atoms with Crippen LogP contribution in [-0.4, -0.2) is 33.8 Å². The minimum Gasteiger partial charge on any atom is -0.598 e. The first-order valence-corrected chi connectivity index (χ1v) is 15.7. The summed E-state index contributed by atoms with van der Waals surface area (Å²) in [5.41, 5.74) is 2.24. The third-order valence-electron chi connectivity index (χ3n) is 6.40. The monoisotopic (exact) mass is 574 g/mol. The van der Waals surface area contributed by atoms with E-state index in [2.05, 4.69) is 4.72 Å². The first kappa shape index (κ1) is 30.7. The van der Waals surface area contributed by atoms with Crippen molar-refractivity contribution >= 4 is 27.0 Å². The molecule has 2 atom stereocenters. The number of hydrogen-bond acceptors (Lipinski definition) is 6. The summed E-state index contributed by atoms with van der Waals surface area (Å²) in [6.45, 7) is 8.98. The number of benzene rings is 2. The molecule has 0 saturated carbocycles. The van der Waals surface area contributed by atoms with Crippen LogP contribution in [0, 0.1) is 5.82 Å². The van der Waals surface area contributed by atoms with Gasteiger partial charge in [0.2, 0.25) is 0 Å². The Labute approximate surface area is 232 Å². The standard InChI is InChI=1S/C29H35FN2O5S2/c1-7-26(31-38(35)29(3,4)5)24-16-27(33)32(6)17-25(24)23-15-19(18-39(36,37)8-2)9-14-22(23)28(34)20-10-12-21(30)13-11-20/h9-17,26,31H,7-8,18H2,1-6H3/t26-,38-/m0/s1. The van der Waals surface area contributed by atoms with E-state index in [4.69, 9.17) is 0 Å². The number of carbonyl (C=O) groups is 1. The number of nitrogens with one attached hydrogen (secondary N) is 1. The lowest BCUT2D eigenvalue weighted by atomic mass is 9.89. The van der Waals surface area contributed by atoms with Gasteiger partial charge < -0.3 is 9.12 Å². The zero-order valence-electron chi connectivity index (χ0n) is 23.1. The molecule has 0 aliphatic carbocycles. The van der Waals surface area contributed by atoms with Crippen LogP contribution in [-0.2, 0) is 34.0 Å². The molecule has 0 amide bonds. The maximum absolute atomic E-state index is 13.6. The van der Waals surface area contributed by atoms with Crippen LogP contribution in [0.3, 0.4) is 0 Å². The van der Waals surface area contributed by atoms with Crippen LogP contribution in [0.15, 0.2) is 59.5 Å². The Morgan fingerprint density at radius 1 is 1.08 bits per heavy atom. The second-order valence-corrected chi connectivity index (χ2v) is 14.8. The highest BCUT2D eigenvalue weighted by atomic mass is 32.2. The number of halogens is 1. The summed E-state index contributed by atoms with van der Waals surface area (Å²) in [7, 11) is -1.79. The van der Waals surface area contributed by atoms with Crippen molar-refractivity contribution in [3.8, 4) is 11.1 Å². The molecule has 1 heterocycles. The molecule has 3 rings (SSSR count). The highest BCUT2D eigenvalue weighted by Crippen LogP contribution is 2.34. The minimum atomic E-state index is -3.37. The average molecular weight is 575 g/mol. The molecule has 7 nitrogen and oxygen atoms in total. The molecule has 3 aromatic rings. The Balaban J connectivity index is 2.29. The van der Waals surface area contributed by atoms with Crippen molar-refractivity contribution < 1.29 is 22.2 Å². The molecule has 0 unspecified atom stereocenters. The highest BCUT2D eigenvalue weighted by Gasteiger charge is 2.31. The van der Waals surface area contributed by atoms with Crippen molar-refractivity contribution in [2.75, 3.05) is 5.75 Å². The molecule has 1 aromatic heterocycles. The maximum Gasteiger partial charge on any atom is 0.250 e. The van der Waals surface area contributed by atoms with Gasteiger partial charge in [0.25, 0.3) is 5.56 Å². The second kappa shape index (κ2) is 12.2. The van der Waals surface area contributed by atoms with Crippen LogP contribution in [0.4, 0.5) is 4.39 Å². The molecule has 0 radical (unpaired) electrons. The van der Waals surface area contributed by atoms with Crippen LogP contribution in [0.5, 0.6) is 0 Å². The number of rotatable bonds is 10. The first-order valence-electron chi connectivity index (χ1n) is 12.7. The quantitative estimate of drug-likeness (QED) is 0.274. The number of carbonyl (C=O) groups excluding carboxylic acids is 1. The van der Waals surface area contributed by atoms with Crippen LogP contribution in [0.2, 0.25) is 0 Å². The van der Waals surface area contributed by atoms with Crippen molar-refractivity contribution in [2.24, 2.45) is 7.05 Å². The Morgan fingerprint density at radius 3 is 2.28 bits per heavy atom. The Bertz CT molecular complexity index is 1510. The van der Waals surface area contributed by atoms with Crippen LogP contribution in [0.1, 0.15) is 74.1 Å². The largest absolute Gasteiger partial charge is 0.598 e. The molecule has 39 heavy (non-hydrogen) atoms. The first-order chi connectivity index (χ1) is 18.2. The van der Waals surface area contributed by atoms with Gasteiger partial charge >= 0.3 is 0 Å². The predicted octanol–water partition coefficient (Wildman–Crippen LogP) is 4.86. The van der Waals surface area contributed by atoms with Gasteiger partial charge in [0.15, 0.2) is 15.6 Å². The Morgan fingerprint density at radius 2 is 1.72 bits per heavy atom. The van der Waals surface area contributed by atoms with Gasteiger partial charge in [-0.2, -0.15) is 0 Å².